The summed E-state index contributed by atoms with van der Waals surface area (Å²) in [4.78, 5) is 25.6. The average molecular weight is 437 g/mol. The Labute approximate surface area is 184 Å². The lowest BCUT2D eigenvalue weighted by atomic mass is 10.0. The number of halogens is 1. The molecule has 0 saturated heterocycles. The average Bonchev–Trinajstić information content (AvgIpc) is 2.74. The molecule has 6 nitrogen and oxygen atoms in total. The summed E-state index contributed by atoms with van der Waals surface area (Å²) in [6.07, 6.45) is 0.455. The predicted octanol–water partition coefficient (Wildman–Crippen LogP) is 4.20. The number of hydrogen-bond acceptors (Lipinski definition) is 5. The van der Waals surface area contributed by atoms with Crippen molar-refractivity contribution in [3.63, 3.8) is 0 Å². The number of aryl methyl sites for hydroxylation is 2. The summed E-state index contributed by atoms with van der Waals surface area (Å²) in [6, 6.07) is 16.3. The van der Waals surface area contributed by atoms with Gasteiger partial charge in [-0.1, -0.05) is 41.9 Å². The minimum Gasteiger partial charge on any atom is -0.494 e. The predicted molar refractivity (Wildman–Crippen MR) is 118 cm³/mol. The molecule has 1 heterocycles. The number of nitriles is 1. The van der Waals surface area contributed by atoms with Crippen LogP contribution in [0.4, 0.5) is 0 Å². The minimum atomic E-state index is -0.626. The molecule has 1 aromatic heterocycles. The van der Waals surface area contributed by atoms with E-state index in [0.29, 0.717) is 17.2 Å². The Morgan fingerprint density at radius 1 is 1.19 bits per heavy atom. The van der Waals surface area contributed by atoms with E-state index < -0.39 is 17.2 Å². The fourth-order valence-corrected chi connectivity index (χ4v) is 3.59. The molecule has 1 N–H and O–H groups in total. The number of nitrogens with zero attached hydrogens (tertiary/aromatic N) is 2. The van der Waals surface area contributed by atoms with Gasteiger partial charge in [0.15, 0.2) is 6.61 Å². The third kappa shape index (κ3) is 4.79. The van der Waals surface area contributed by atoms with Gasteiger partial charge in [0.25, 0.3) is 5.56 Å². The Kier molecular flexibility index (Phi) is 6.78. The third-order valence-corrected chi connectivity index (χ3v) is 5.28. The number of aromatic hydroxyl groups is 1. The van der Waals surface area contributed by atoms with E-state index in [4.69, 9.17) is 16.3 Å². The lowest BCUT2D eigenvalue weighted by Crippen LogP contribution is -2.28. The number of carbonyl (C=O) groups excluding carboxylic acids is 1. The summed E-state index contributed by atoms with van der Waals surface area (Å²) in [5.74, 6) is -0.513. The van der Waals surface area contributed by atoms with Crippen LogP contribution in [0, 0.1) is 25.2 Å². The van der Waals surface area contributed by atoms with E-state index in [0.717, 1.165) is 15.7 Å². The van der Waals surface area contributed by atoms with Gasteiger partial charge < -0.3 is 9.84 Å². The standard InChI is InChI=1S/C24H21ClN2O4/c1-15-12-18(25)8-9-21(15)31-14-20(28)22-16(2)19(13-26)23(29)27(24(22)30)11-10-17-6-4-3-5-7-17/h3-9,12,30H,10-11,14H2,1-2H3. The Hall–Kier alpha value is -3.56. The summed E-state index contributed by atoms with van der Waals surface area (Å²) in [6.45, 7) is 3.04. The van der Waals surface area contributed by atoms with Crippen molar-refractivity contribution in [3.05, 3.63) is 91.7 Å². The highest BCUT2D eigenvalue weighted by molar-refractivity contribution is 6.30. The van der Waals surface area contributed by atoms with Crippen molar-refractivity contribution in [2.45, 2.75) is 26.8 Å². The molecular weight excluding hydrogens is 416 g/mol. The molecule has 0 aliphatic rings. The Morgan fingerprint density at radius 2 is 1.90 bits per heavy atom. The van der Waals surface area contributed by atoms with Crippen LogP contribution >= 0.6 is 11.6 Å². The maximum atomic E-state index is 12.9. The minimum absolute atomic E-state index is 0.0872. The zero-order valence-electron chi connectivity index (χ0n) is 17.2. The Balaban J connectivity index is 1.92. The quantitative estimate of drug-likeness (QED) is 0.560. The molecule has 0 saturated carbocycles. The van der Waals surface area contributed by atoms with Gasteiger partial charge in [0.05, 0.1) is 5.56 Å². The van der Waals surface area contributed by atoms with E-state index in [1.807, 2.05) is 36.4 Å². The summed E-state index contributed by atoms with van der Waals surface area (Å²) in [5, 5.41) is 20.8. The zero-order chi connectivity index (χ0) is 22.5. The zero-order valence-corrected chi connectivity index (χ0v) is 17.9. The van der Waals surface area contributed by atoms with Gasteiger partial charge in [0, 0.05) is 11.6 Å². The topological polar surface area (TPSA) is 92.3 Å². The van der Waals surface area contributed by atoms with E-state index in [1.54, 1.807) is 25.1 Å². The maximum absolute atomic E-state index is 12.9. The van der Waals surface area contributed by atoms with E-state index in [2.05, 4.69) is 0 Å². The van der Waals surface area contributed by atoms with Crippen molar-refractivity contribution in [3.8, 4) is 17.7 Å². The molecule has 0 aliphatic carbocycles. The van der Waals surface area contributed by atoms with Crippen molar-refractivity contribution >= 4 is 17.4 Å². The molecule has 0 atom stereocenters. The molecule has 0 amide bonds. The number of Topliss-reactive ketones (excluding diaryl/α,β-unsaturated/α-hetero) is 1. The third-order valence-electron chi connectivity index (χ3n) is 5.04. The number of hydrogen-bond donors (Lipinski definition) is 1. The highest BCUT2D eigenvalue weighted by Gasteiger charge is 2.24. The van der Waals surface area contributed by atoms with Crippen molar-refractivity contribution in [1.29, 1.82) is 5.26 Å². The summed E-state index contributed by atoms with van der Waals surface area (Å²) >= 11 is 5.94. The monoisotopic (exact) mass is 436 g/mol. The highest BCUT2D eigenvalue weighted by Crippen LogP contribution is 2.25. The van der Waals surface area contributed by atoms with Crippen molar-refractivity contribution < 1.29 is 14.6 Å². The van der Waals surface area contributed by atoms with Crippen LogP contribution in [0.2, 0.25) is 5.02 Å². The van der Waals surface area contributed by atoms with Crippen LogP contribution in [0.25, 0.3) is 0 Å². The van der Waals surface area contributed by atoms with Crippen LogP contribution in [-0.4, -0.2) is 22.1 Å². The Bertz CT molecular complexity index is 1230. The fraction of sp³-hybridized carbons (Fsp3) is 0.208. The molecule has 0 aliphatic heterocycles. The van der Waals surface area contributed by atoms with Crippen LogP contribution in [0.5, 0.6) is 11.6 Å². The molecule has 3 rings (SSSR count). The molecular formula is C24H21ClN2O4. The summed E-state index contributed by atoms with van der Waals surface area (Å²) in [5.41, 5.74) is 0.976. The van der Waals surface area contributed by atoms with Crippen LogP contribution in [-0.2, 0) is 13.0 Å². The second-order valence-electron chi connectivity index (χ2n) is 7.12. The molecule has 0 fully saturated rings. The van der Waals surface area contributed by atoms with Gasteiger partial charge in [0.2, 0.25) is 11.7 Å². The van der Waals surface area contributed by atoms with Crippen molar-refractivity contribution in [2.24, 2.45) is 0 Å². The molecule has 0 unspecified atom stereocenters. The van der Waals surface area contributed by atoms with Gasteiger partial charge in [-0.05, 0) is 55.2 Å². The number of ketones is 1. The van der Waals surface area contributed by atoms with Crippen molar-refractivity contribution in [1.82, 2.24) is 4.57 Å². The summed E-state index contributed by atoms with van der Waals surface area (Å²) in [7, 11) is 0. The van der Waals surface area contributed by atoms with Gasteiger partial charge in [-0.3, -0.25) is 14.2 Å². The second-order valence-corrected chi connectivity index (χ2v) is 7.56. The molecule has 3 aromatic rings. The number of aromatic nitrogens is 1. The van der Waals surface area contributed by atoms with Crippen LogP contribution in [0.1, 0.15) is 32.6 Å². The molecule has 0 bridgehead atoms. The van der Waals surface area contributed by atoms with Crippen molar-refractivity contribution in [2.75, 3.05) is 6.61 Å². The number of carbonyl (C=O) groups is 1. The number of rotatable bonds is 7. The van der Waals surface area contributed by atoms with Crippen LogP contribution < -0.4 is 10.3 Å². The molecule has 2 aromatic carbocycles. The largest absolute Gasteiger partial charge is 0.494 e. The number of ether oxygens (including phenoxy) is 1. The van der Waals surface area contributed by atoms with E-state index in [1.165, 1.54) is 6.92 Å². The van der Waals surface area contributed by atoms with Gasteiger partial charge >= 0.3 is 0 Å². The van der Waals surface area contributed by atoms with Crippen LogP contribution in [0.15, 0.2) is 53.3 Å². The van der Waals surface area contributed by atoms with E-state index in [9.17, 15) is 20.0 Å². The summed E-state index contributed by atoms with van der Waals surface area (Å²) < 4.78 is 6.67. The molecule has 0 spiro atoms. The smallest absolute Gasteiger partial charge is 0.271 e. The number of pyridine rings is 1. The normalized spacial score (nSPS) is 10.5. The SMILES string of the molecule is Cc1cc(Cl)ccc1OCC(=O)c1c(C)c(C#N)c(=O)n(CCc2ccccc2)c1O. The van der Waals surface area contributed by atoms with E-state index >= 15 is 0 Å². The lowest BCUT2D eigenvalue weighted by Gasteiger charge is -2.16. The first-order valence-corrected chi connectivity index (χ1v) is 10.0. The van der Waals surface area contributed by atoms with Gasteiger partial charge in [-0.2, -0.15) is 5.26 Å². The molecule has 7 heteroatoms. The maximum Gasteiger partial charge on any atom is 0.271 e. The van der Waals surface area contributed by atoms with Gasteiger partial charge in [-0.25, -0.2) is 0 Å². The first-order chi connectivity index (χ1) is 14.8. The van der Waals surface area contributed by atoms with E-state index in [-0.39, 0.29) is 29.8 Å². The Morgan fingerprint density at radius 3 is 2.55 bits per heavy atom. The number of benzene rings is 2. The molecule has 0 radical (unpaired) electrons. The molecule has 158 valence electrons. The van der Waals surface area contributed by atoms with Gasteiger partial charge in [-0.15, -0.1) is 0 Å². The lowest BCUT2D eigenvalue weighted by molar-refractivity contribution is 0.0916. The second kappa shape index (κ2) is 9.50. The first kappa shape index (κ1) is 22.1. The molecule has 31 heavy (non-hydrogen) atoms. The highest BCUT2D eigenvalue weighted by atomic mass is 35.5. The first-order valence-electron chi connectivity index (χ1n) is 9.66. The van der Waals surface area contributed by atoms with Gasteiger partial charge in [0.1, 0.15) is 17.4 Å². The van der Waals surface area contributed by atoms with Crippen LogP contribution in [0.3, 0.4) is 0 Å². The fourth-order valence-electron chi connectivity index (χ4n) is 3.37.